The van der Waals surface area contributed by atoms with E-state index in [0.29, 0.717) is 0 Å². The van der Waals surface area contributed by atoms with Crippen molar-refractivity contribution in [2.75, 3.05) is 37.2 Å². The van der Waals surface area contributed by atoms with E-state index in [4.69, 9.17) is 5.73 Å². The highest BCUT2D eigenvalue weighted by Gasteiger charge is 2.01. The number of nitrogens with one attached hydrogen (secondary N) is 1. The van der Waals surface area contributed by atoms with Gasteiger partial charge in [0.1, 0.15) is 0 Å². The van der Waals surface area contributed by atoms with Crippen LogP contribution in [0.15, 0.2) is 18.2 Å². The highest BCUT2D eigenvalue weighted by atomic mass is 127. The first kappa shape index (κ1) is 13.6. The number of halogens is 1. The number of hydrogen-bond acceptors (Lipinski definition) is 3. The molecule has 0 spiro atoms. The molecule has 0 aliphatic carbocycles. The Hall–Kier alpha value is -0.490. The van der Waals surface area contributed by atoms with Gasteiger partial charge in [-0.15, -0.1) is 0 Å². The normalized spacial score (nSPS) is 10.8. The minimum Gasteiger partial charge on any atom is -0.399 e. The fourth-order valence-electron chi connectivity index (χ4n) is 1.56. The lowest BCUT2D eigenvalue weighted by Crippen LogP contribution is -2.28. The molecule has 1 rings (SSSR count). The monoisotopic (exact) mass is 333 g/mol. The summed E-state index contributed by atoms with van der Waals surface area (Å²) in [6.07, 6.45) is 0. The van der Waals surface area contributed by atoms with Gasteiger partial charge >= 0.3 is 0 Å². The van der Waals surface area contributed by atoms with Crippen LogP contribution in [0.4, 0.5) is 11.4 Å². The lowest BCUT2D eigenvalue weighted by atomic mass is 10.3. The molecule has 0 radical (unpaired) electrons. The zero-order valence-electron chi connectivity index (χ0n) is 9.96. The second-order valence-corrected chi connectivity index (χ2v) is 4.86. The highest BCUT2D eigenvalue weighted by molar-refractivity contribution is 14.1. The number of likely N-dealkylation sites (N-methyl/N-ethyl adjacent to an activating group) is 1. The first-order chi connectivity index (χ1) is 7.67. The average Bonchev–Trinajstić information content (AvgIpc) is 2.27. The molecule has 3 N–H and O–H groups in total. The minimum absolute atomic E-state index is 0.818. The van der Waals surface area contributed by atoms with Gasteiger partial charge in [0.2, 0.25) is 0 Å². The Bertz CT molecular complexity index is 324. The van der Waals surface area contributed by atoms with Gasteiger partial charge in [-0.2, -0.15) is 0 Å². The van der Waals surface area contributed by atoms with Crippen molar-refractivity contribution in [1.29, 1.82) is 0 Å². The Morgan fingerprint density at radius 3 is 2.56 bits per heavy atom. The summed E-state index contributed by atoms with van der Waals surface area (Å²) in [5.74, 6) is 0. The summed E-state index contributed by atoms with van der Waals surface area (Å²) < 4.78 is 1.18. The predicted octanol–water partition coefficient (Wildman–Crippen LogP) is 2.63. The number of nitrogen functional groups attached to an aromatic ring is 1. The Morgan fingerprint density at radius 2 is 2.00 bits per heavy atom. The van der Waals surface area contributed by atoms with Gasteiger partial charge in [0, 0.05) is 28.0 Å². The molecule has 3 nitrogen and oxygen atoms in total. The van der Waals surface area contributed by atoms with Crippen molar-refractivity contribution in [2.45, 2.75) is 13.8 Å². The first-order valence-electron chi connectivity index (χ1n) is 5.68. The standard InChI is InChI=1S/C12H20IN3/c1-3-16(4-2)8-7-15-12-6-5-10(14)9-11(12)13/h5-6,9,15H,3-4,7-8,14H2,1-2H3. The molecule has 0 amide bonds. The molecular weight excluding hydrogens is 313 g/mol. The van der Waals surface area contributed by atoms with E-state index >= 15 is 0 Å². The van der Waals surface area contributed by atoms with Crippen LogP contribution in [-0.4, -0.2) is 31.1 Å². The summed E-state index contributed by atoms with van der Waals surface area (Å²) in [6.45, 7) is 8.65. The average molecular weight is 333 g/mol. The zero-order chi connectivity index (χ0) is 12.0. The van der Waals surface area contributed by atoms with E-state index in [1.807, 2.05) is 18.2 Å². The van der Waals surface area contributed by atoms with Crippen LogP contribution < -0.4 is 11.1 Å². The van der Waals surface area contributed by atoms with E-state index in [9.17, 15) is 0 Å². The molecule has 16 heavy (non-hydrogen) atoms. The van der Waals surface area contributed by atoms with Crippen molar-refractivity contribution in [2.24, 2.45) is 0 Å². The van der Waals surface area contributed by atoms with Crippen LogP contribution in [0.2, 0.25) is 0 Å². The van der Waals surface area contributed by atoms with Gasteiger partial charge in [-0.25, -0.2) is 0 Å². The van der Waals surface area contributed by atoms with E-state index in [0.717, 1.165) is 31.9 Å². The molecule has 1 aromatic rings. The quantitative estimate of drug-likeness (QED) is 0.621. The van der Waals surface area contributed by atoms with Crippen LogP contribution >= 0.6 is 22.6 Å². The fourth-order valence-corrected chi connectivity index (χ4v) is 2.29. The Morgan fingerprint density at radius 1 is 1.31 bits per heavy atom. The Balaban J connectivity index is 2.42. The smallest absolute Gasteiger partial charge is 0.0477 e. The SMILES string of the molecule is CCN(CC)CCNc1ccc(N)cc1I. The van der Waals surface area contributed by atoms with Crippen molar-refractivity contribution in [3.8, 4) is 0 Å². The van der Waals surface area contributed by atoms with Gasteiger partial charge < -0.3 is 16.0 Å². The van der Waals surface area contributed by atoms with Crippen molar-refractivity contribution < 1.29 is 0 Å². The van der Waals surface area contributed by atoms with Crippen LogP contribution in [0.1, 0.15) is 13.8 Å². The molecular formula is C12H20IN3. The molecule has 0 heterocycles. The second kappa shape index (κ2) is 6.96. The number of hydrogen-bond donors (Lipinski definition) is 2. The topological polar surface area (TPSA) is 41.3 Å². The van der Waals surface area contributed by atoms with Crippen LogP contribution in [0.25, 0.3) is 0 Å². The van der Waals surface area contributed by atoms with E-state index in [1.165, 1.54) is 9.26 Å². The molecule has 0 fully saturated rings. The van der Waals surface area contributed by atoms with Gasteiger partial charge in [0.25, 0.3) is 0 Å². The van der Waals surface area contributed by atoms with E-state index < -0.39 is 0 Å². The van der Waals surface area contributed by atoms with Crippen LogP contribution in [0.3, 0.4) is 0 Å². The molecule has 4 heteroatoms. The third kappa shape index (κ3) is 4.17. The largest absolute Gasteiger partial charge is 0.399 e. The second-order valence-electron chi connectivity index (χ2n) is 3.69. The first-order valence-corrected chi connectivity index (χ1v) is 6.76. The number of nitrogens with zero attached hydrogens (tertiary/aromatic N) is 1. The predicted molar refractivity (Wildman–Crippen MR) is 79.8 cm³/mol. The molecule has 0 aromatic heterocycles. The minimum atomic E-state index is 0.818. The molecule has 0 saturated carbocycles. The third-order valence-corrected chi connectivity index (χ3v) is 3.52. The van der Waals surface area contributed by atoms with Gasteiger partial charge in [-0.1, -0.05) is 13.8 Å². The van der Waals surface area contributed by atoms with Crippen molar-refractivity contribution in [1.82, 2.24) is 4.90 Å². The van der Waals surface area contributed by atoms with Crippen LogP contribution in [-0.2, 0) is 0 Å². The Labute approximate surface area is 112 Å². The van der Waals surface area contributed by atoms with E-state index in [-0.39, 0.29) is 0 Å². The highest BCUT2D eigenvalue weighted by Crippen LogP contribution is 2.20. The molecule has 0 aliphatic rings. The maximum atomic E-state index is 5.71. The summed E-state index contributed by atoms with van der Waals surface area (Å²) in [5, 5.41) is 3.43. The van der Waals surface area contributed by atoms with E-state index in [2.05, 4.69) is 46.7 Å². The van der Waals surface area contributed by atoms with Crippen LogP contribution in [0, 0.1) is 3.57 Å². The molecule has 0 atom stereocenters. The third-order valence-electron chi connectivity index (χ3n) is 2.63. The van der Waals surface area contributed by atoms with Crippen molar-refractivity contribution >= 4 is 34.0 Å². The maximum absolute atomic E-state index is 5.71. The van der Waals surface area contributed by atoms with Crippen molar-refractivity contribution in [3.05, 3.63) is 21.8 Å². The van der Waals surface area contributed by atoms with Gasteiger partial charge in [0.05, 0.1) is 0 Å². The summed E-state index contributed by atoms with van der Waals surface area (Å²) in [5.41, 5.74) is 7.69. The lowest BCUT2D eigenvalue weighted by Gasteiger charge is -2.18. The van der Waals surface area contributed by atoms with Gasteiger partial charge in [-0.3, -0.25) is 0 Å². The van der Waals surface area contributed by atoms with Crippen molar-refractivity contribution in [3.63, 3.8) is 0 Å². The zero-order valence-corrected chi connectivity index (χ0v) is 12.1. The molecule has 0 unspecified atom stereocenters. The van der Waals surface area contributed by atoms with Gasteiger partial charge in [-0.05, 0) is 53.9 Å². The summed E-state index contributed by atoms with van der Waals surface area (Å²) in [6, 6.07) is 5.96. The van der Waals surface area contributed by atoms with Crippen LogP contribution in [0.5, 0.6) is 0 Å². The number of rotatable bonds is 6. The number of nitrogens with two attached hydrogens (primary N) is 1. The molecule has 0 aliphatic heterocycles. The maximum Gasteiger partial charge on any atom is 0.0477 e. The molecule has 0 bridgehead atoms. The summed E-state index contributed by atoms with van der Waals surface area (Å²) in [4.78, 5) is 2.40. The van der Waals surface area contributed by atoms with E-state index in [1.54, 1.807) is 0 Å². The van der Waals surface area contributed by atoms with Gasteiger partial charge in [0.15, 0.2) is 0 Å². The summed E-state index contributed by atoms with van der Waals surface area (Å²) in [7, 11) is 0. The number of benzene rings is 1. The molecule has 90 valence electrons. The fraction of sp³-hybridized carbons (Fsp3) is 0.500. The number of anilines is 2. The molecule has 0 saturated heterocycles. The molecule has 1 aromatic carbocycles. The summed E-state index contributed by atoms with van der Waals surface area (Å²) >= 11 is 2.31. The Kier molecular flexibility index (Phi) is 5.90. The lowest BCUT2D eigenvalue weighted by molar-refractivity contribution is 0.316.